The van der Waals surface area contributed by atoms with Crippen LogP contribution in [0.4, 0.5) is 0 Å². The summed E-state index contributed by atoms with van der Waals surface area (Å²) in [4.78, 5) is 0. The zero-order valence-electron chi connectivity index (χ0n) is 12.5. The van der Waals surface area contributed by atoms with Gasteiger partial charge in [-0.2, -0.15) is 0 Å². The molecule has 104 valence electrons. The van der Waals surface area contributed by atoms with E-state index in [1.807, 2.05) is 0 Å². The summed E-state index contributed by atoms with van der Waals surface area (Å²) in [6, 6.07) is 0. The Bertz CT molecular complexity index is 133. The standard InChI is InChI=1S/C16H34O/c1-4-7-8-9-10-11-12-13-14-16(6-3)17-15-5-2/h16H,4-15H2,1-3H3. The van der Waals surface area contributed by atoms with Gasteiger partial charge in [0.25, 0.3) is 0 Å². The van der Waals surface area contributed by atoms with Crippen LogP contribution in [0.15, 0.2) is 0 Å². The molecule has 17 heavy (non-hydrogen) atoms. The number of hydrogen-bond donors (Lipinski definition) is 0. The first-order valence-corrected chi connectivity index (χ1v) is 7.96. The second-order valence-electron chi connectivity index (χ2n) is 5.16. The molecule has 0 heterocycles. The van der Waals surface area contributed by atoms with Crippen LogP contribution < -0.4 is 0 Å². The van der Waals surface area contributed by atoms with E-state index >= 15 is 0 Å². The minimum absolute atomic E-state index is 0.523. The minimum atomic E-state index is 0.523. The van der Waals surface area contributed by atoms with E-state index in [1.165, 1.54) is 64.2 Å². The Hall–Kier alpha value is -0.0400. The molecule has 0 N–H and O–H groups in total. The molecule has 1 heteroatoms. The predicted molar refractivity (Wildman–Crippen MR) is 77.5 cm³/mol. The van der Waals surface area contributed by atoms with Crippen LogP contribution >= 0.6 is 0 Å². The zero-order valence-corrected chi connectivity index (χ0v) is 12.5. The molecule has 0 aliphatic rings. The monoisotopic (exact) mass is 242 g/mol. The maximum Gasteiger partial charge on any atom is 0.0572 e. The topological polar surface area (TPSA) is 9.23 Å². The van der Waals surface area contributed by atoms with Crippen molar-refractivity contribution in [3.63, 3.8) is 0 Å². The number of ether oxygens (including phenoxy) is 1. The third-order valence-corrected chi connectivity index (χ3v) is 3.39. The van der Waals surface area contributed by atoms with E-state index in [4.69, 9.17) is 4.74 Å². The first-order chi connectivity index (χ1) is 8.35. The molecule has 1 atom stereocenters. The van der Waals surface area contributed by atoms with Gasteiger partial charge in [-0.25, -0.2) is 0 Å². The molecule has 0 saturated heterocycles. The molecule has 0 spiro atoms. The molecule has 1 nitrogen and oxygen atoms in total. The van der Waals surface area contributed by atoms with Crippen molar-refractivity contribution in [3.05, 3.63) is 0 Å². The van der Waals surface area contributed by atoms with Crippen molar-refractivity contribution in [3.8, 4) is 0 Å². The highest BCUT2D eigenvalue weighted by molar-refractivity contribution is 4.56. The fourth-order valence-electron chi connectivity index (χ4n) is 2.20. The third kappa shape index (κ3) is 12.2. The lowest BCUT2D eigenvalue weighted by molar-refractivity contribution is 0.0436. The highest BCUT2D eigenvalue weighted by Crippen LogP contribution is 2.13. The zero-order chi connectivity index (χ0) is 12.8. The van der Waals surface area contributed by atoms with Gasteiger partial charge in [-0.3, -0.25) is 0 Å². The fraction of sp³-hybridized carbons (Fsp3) is 1.00. The van der Waals surface area contributed by atoms with Crippen molar-refractivity contribution in [2.75, 3.05) is 6.61 Å². The van der Waals surface area contributed by atoms with Gasteiger partial charge in [-0.05, 0) is 19.3 Å². The van der Waals surface area contributed by atoms with Crippen LogP contribution in [0.5, 0.6) is 0 Å². The van der Waals surface area contributed by atoms with E-state index in [0.717, 1.165) is 13.0 Å². The van der Waals surface area contributed by atoms with E-state index in [-0.39, 0.29) is 0 Å². The molecule has 0 fully saturated rings. The summed E-state index contributed by atoms with van der Waals surface area (Å²) in [5.74, 6) is 0. The summed E-state index contributed by atoms with van der Waals surface area (Å²) >= 11 is 0. The van der Waals surface area contributed by atoms with E-state index < -0.39 is 0 Å². The van der Waals surface area contributed by atoms with Crippen molar-refractivity contribution in [2.24, 2.45) is 0 Å². The van der Waals surface area contributed by atoms with E-state index in [2.05, 4.69) is 20.8 Å². The van der Waals surface area contributed by atoms with E-state index in [1.54, 1.807) is 0 Å². The lowest BCUT2D eigenvalue weighted by Crippen LogP contribution is -2.12. The smallest absolute Gasteiger partial charge is 0.0572 e. The average Bonchev–Trinajstić information content (AvgIpc) is 2.36. The Morgan fingerprint density at radius 1 is 0.706 bits per heavy atom. The van der Waals surface area contributed by atoms with Gasteiger partial charge in [-0.15, -0.1) is 0 Å². The van der Waals surface area contributed by atoms with Gasteiger partial charge < -0.3 is 4.74 Å². The largest absolute Gasteiger partial charge is 0.378 e. The number of hydrogen-bond acceptors (Lipinski definition) is 1. The summed E-state index contributed by atoms with van der Waals surface area (Å²) in [6.07, 6.45) is 15.4. The molecule has 0 aromatic carbocycles. The van der Waals surface area contributed by atoms with Crippen molar-refractivity contribution >= 4 is 0 Å². The SMILES string of the molecule is CCCCCCCCCCC(CC)OCCC. The normalized spacial score (nSPS) is 12.9. The third-order valence-electron chi connectivity index (χ3n) is 3.39. The molecule has 0 rings (SSSR count). The van der Waals surface area contributed by atoms with Crippen molar-refractivity contribution in [1.29, 1.82) is 0 Å². The van der Waals surface area contributed by atoms with Gasteiger partial charge in [-0.1, -0.05) is 72.1 Å². The maximum absolute atomic E-state index is 5.80. The molecule has 0 aromatic heterocycles. The van der Waals surface area contributed by atoms with Crippen molar-refractivity contribution in [1.82, 2.24) is 0 Å². The second-order valence-corrected chi connectivity index (χ2v) is 5.16. The molecule has 0 saturated carbocycles. The highest BCUT2D eigenvalue weighted by atomic mass is 16.5. The molecule has 0 bridgehead atoms. The molecule has 0 radical (unpaired) electrons. The maximum atomic E-state index is 5.80. The Morgan fingerprint density at radius 3 is 1.82 bits per heavy atom. The lowest BCUT2D eigenvalue weighted by Gasteiger charge is -2.15. The van der Waals surface area contributed by atoms with Crippen LogP contribution in [0.25, 0.3) is 0 Å². The van der Waals surface area contributed by atoms with Crippen LogP contribution in [0, 0.1) is 0 Å². The van der Waals surface area contributed by atoms with Gasteiger partial charge in [0, 0.05) is 6.61 Å². The Morgan fingerprint density at radius 2 is 1.29 bits per heavy atom. The van der Waals surface area contributed by atoms with Crippen LogP contribution in [-0.2, 0) is 4.74 Å². The summed E-state index contributed by atoms with van der Waals surface area (Å²) in [7, 11) is 0. The van der Waals surface area contributed by atoms with E-state index in [0.29, 0.717) is 6.10 Å². The van der Waals surface area contributed by atoms with Gasteiger partial charge >= 0.3 is 0 Å². The molecule has 0 amide bonds. The highest BCUT2D eigenvalue weighted by Gasteiger charge is 2.04. The van der Waals surface area contributed by atoms with Gasteiger partial charge in [0.1, 0.15) is 0 Å². The quantitative estimate of drug-likeness (QED) is 0.375. The van der Waals surface area contributed by atoms with Crippen molar-refractivity contribution in [2.45, 2.75) is 97.5 Å². The number of rotatable bonds is 13. The lowest BCUT2D eigenvalue weighted by atomic mass is 10.0. The molecule has 0 aliphatic heterocycles. The Labute approximate surface area is 109 Å². The first kappa shape index (κ1) is 17.0. The summed E-state index contributed by atoms with van der Waals surface area (Å²) in [5, 5.41) is 0. The fourth-order valence-corrected chi connectivity index (χ4v) is 2.20. The molecular weight excluding hydrogens is 208 g/mol. The predicted octanol–water partition coefficient (Wildman–Crippen LogP) is 5.72. The van der Waals surface area contributed by atoms with Gasteiger partial charge in [0.2, 0.25) is 0 Å². The Balaban J connectivity index is 3.19. The van der Waals surface area contributed by atoms with Gasteiger partial charge in [0.05, 0.1) is 6.10 Å². The second kappa shape index (κ2) is 14.0. The minimum Gasteiger partial charge on any atom is -0.378 e. The summed E-state index contributed by atoms with van der Waals surface area (Å²) < 4.78 is 5.80. The van der Waals surface area contributed by atoms with Crippen molar-refractivity contribution < 1.29 is 4.74 Å². The molecule has 1 unspecified atom stereocenters. The van der Waals surface area contributed by atoms with Crippen LogP contribution in [0.1, 0.15) is 91.4 Å². The molecular formula is C16H34O. The molecule has 0 aliphatic carbocycles. The summed E-state index contributed by atoms with van der Waals surface area (Å²) in [6.45, 7) is 7.64. The van der Waals surface area contributed by atoms with Crippen LogP contribution in [0.3, 0.4) is 0 Å². The number of unbranched alkanes of at least 4 members (excludes halogenated alkanes) is 7. The molecule has 0 aromatic rings. The summed E-state index contributed by atoms with van der Waals surface area (Å²) in [5.41, 5.74) is 0. The first-order valence-electron chi connectivity index (χ1n) is 7.96. The van der Waals surface area contributed by atoms with Crippen LogP contribution in [-0.4, -0.2) is 12.7 Å². The van der Waals surface area contributed by atoms with Gasteiger partial charge in [0.15, 0.2) is 0 Å². The average molecular weight is 242 g/mol. The Kier molecular flexibility index (Phi) is 14.0. The van der Waals surface area contributed by atoms with E-state index in [9.17, 15) is 0 Å². The van der Waals surface area contributed by atoms with Crippen LogP contribution in [0.2, 0.25) is 0 Å².